The van der Waals surface area contributed by atoms with Gasteiger partial charge in [-0.2, -0.15) is 5.10 Å². The van der Waals surface area contributed by atoms with Crippen LogP contribution in [0, 0.1) is 0 Å². The Balaban J connectivity index is 2.35. The number of aromatic nitrogens is 4. The molecule has 0 aliphatic carbocycles. The summed E-state index contributed by atoms with van der Waals surface area (Å²) in [7, 11) is 0. The molecule has 0 fully saturated rings. The first kappa shape index (κ1) is 10.5. The third-order valence-electron chi connectivity index (χ3n) is 2.66. The van der Waals surface area contributed by atoms with Crippen molar-refractivity contribution in [2.45, 2.75) is 6.54 Å². The number of hydrogen-bond donors (Lipinski definition) is 1. The Morgan fingerprint density at radius 2 is 2.22 bits per heavy atom. The summed E-state index contributed by atoms with van der Waals surface area (Å²) in [4.78, 5) is 26.8. The summed E-state index contributed by atoms with van der Waals surface area (Å²) in [5.41, 5.74) is 0.856. The molecule has 0 spiro atoms. The van der Waals surface area contributed by atoms with Crippen molar-refractivity contribution >= 4 is 22.5 Å². The monoisotopic (exact) mass is 244 g/mol. The number of fused-ring (bicyclic) bond motifs is 3. The fourth-order valence-electron chi connectivity index (χ4n) is 1.87. The van der Waals surface area contributed by atoms with Crippen LogP contribution in [0.1, 0.15) is 0 Å². The van der Waals surface area contributed by atoms with E-state index in [1.54, 1.807) is 22.8 Å². The average Bonchev–Trinajstić information content (AvgIpc) is 2.80. The van der Waals surface area contributed by atoms with Crippen LogP contribution in [0.25, 0.3) is 16.6 Å². The number of carboxylic acid groups (broad SMARTS) is 1. The molecule has 0 amide bonds. The normalized spacial score (nSPS) is 11.1. The molecule has 3 heterocycles. The van der Waals surface area contributed by atoms with E-state index >= 15 is 0 Å². The SMILES string of the molecule is O=C(O)Cn1ccc2c(cnc3ccnn32)c1=O. The zero-order valence-electron chi connectivity index (χ0n) is 9.15. The molecule has 3 aromatic heterocycles. The van der Waals surface area contributed by atoms with Gasteiger partial charge in [-0.1, -0.05) is 0 Å². The molecular formula is C11H8N4O3. The number of carboxylic acids is 1. The number of nitrogens with zero attached hydrogens (tertiary/aromatic N) is 4. The molecule has 18 heavy (non-hydrogen) atoms. The van der Waals surface area contributed by atoms with E-state index in [2.05, 4.69) is 10.1 Å². The van der Waals surface area contributed by atoms with Gasteiger partial charge in [-0.15, -0.1) is 0 Å². The predicted molar refractivity (Wildman–Crippen MR) is 62.4 cm³/mol. The van der Waals surface area contributed by atoms with Crippen LogP contribution in [0.5, 0.6) is 0 Å². The van der Waals surface area contributed by atoms with Gasteiger partial charge in [-0.25, -0.2) is 9.50 Å². The van der Waals surface area contributed by atoms with Crippen molar-refractivity contribution in [2.24, 2.45) is 0 Å². The van der Waals surface area contributed by atoms with Crippen LogP contribution < -0.4 is 5.56 Å². The van der Waals surface area contributed by atoms with Crippen LogP contribution in [0.15, 0.2) is 35.5 Å². The van der Waals surface area contributed by atoms with Gasteiger partial charge in [0.2, 0.25) is 0 Å². The zero-order chi connectivity index (χ0) is 12.7. The van der Waals surface area contributed by atoms with E-state index in [0.29, 0.717) is 16.6 Å². The molecule has 7 heteroatoms. The molecule has 0 saturated carbocycles. The highest BCUT2D eigenvalue weighted by Crippen LogP contribution is 2.10. The second-order valence-electron chi connectivity index (χ2n) is 3.80. The molecule has 0 aliphatic rings. The fourth-order valence-corrected chi connectivity index (χ4v) is 1.87. The minimum atomic E-state index is -1.07. The van der Waals surface area contributed by atoms with E-state index < -0.39 is 5.97 Å². The van der Waals surface area contributed by atoms with Crippen LogP contribution in [-0.4, -0.2) is 30.2 Å². The van der Waals surface area contributed by atoms with Gasteiger partial charge in [0, 0.05) is 18.5 Å². The molecule has 0 bridgehead atoms. The first-order valence-corrected chi connectivity index (χ1v) is 5.20. The number of pyridine rings is 1. The van der Waals surface area contributed by atoms with Gasteiger partial charge in [0.05, 0.1) is 17.1 Å². The lowest BCUT2D eigenvalue weighted by molar-refractivity contribution is -0.137. The highest BCUT2D eigenvalue weighted by atomic mass is 16.4. The van der Waals surface area contributed by atoms with Gasteiger partial charge >= 0.3 is 5.97 Å². The molecule has 3 aromatic rings. The Kier molecular flexibility index (Phi) is 2.12. The summed E-state index contributed by atoms with van der Waals surface area (Å²) >= 11 is 0. The Morgan fingerprint density at radius 1 is 1.39 bits per heavy atom. The fraction of sp³-hybridized carbons (Fsp3) is 0.0909. The van der Waals surface area contributed by atoms with E-state index in [0.717, 1.165) is 4.57 Å². The smallest absolute Gasteiger partial charge is 0.323 e. The van der Waals surface area contributed by atoms with Gasteiger partial charge < -0.3 is 9.67 Å². The van der Waals surface area contributed by atoms with Gasteiger partial charge in [0.15, 0.2) is 5.65 Å². The Bertz CT molecular complexity index is 818. The number of carbonyl (C=O) groups is 1. The maximum absolute atomic E-state index is 12.0. The standard InChI is InChI=1S/C11H8N4O3/c16-10(17)6-14-4-2-8-7(11(14)18)5-12-9-1-3-13-15(8)9/h1-5H,6H2,(H,16,17). The third-order valence-corrected chi connectivity index (χ3v) is 2.66. The Labute approximate surface area is 99.9 Å². The van der Waals surface area contributed by atoms with E-state index in [1.165, 1.54) is 12.4 Å². The molecule has 0 saturated heterocycles. The predicted octanol–water partition coefficient (Wildman–Crippen LogP) is 0.129. The van der Waals surface area contributed by atoms with Crippen LogP contribution in [-0.2, 0) is 11.3 Å². The molecule has 0 atom stereocenters. The van der Waals surface area contributed by atoms with E-state index in [4.69, 9.17) is 5.11 Å². The molecule has 7 nitrogen and oxygen atoms in total. The molecule has 1 N–H and O–H groups in total. The lowest BCUT2D eigenvalue weighted by Gasteiger charge is -2.05. The highest BCUT2D eigenvalue weighted by molar-refractivity contribution is 5.79. The topological polar surface area (TPSA) is 89.5 Å². The maximum atomic E-state index is 12.0. The molecule has 3 rings (SSSR count). The molecular weight excluding hydrogens is 236 g/mol. The van der Waals surface area contributed by atoms with Gasteiger partial charge in [0.1, 0.15) is 6.54 Å². The summed E-state index contributed by atoms with van der Waals surface area (Å²) in [6, 6.07) is 3.38. The summed E-state index contributed by atoms with van der Waals surface area (Å²) in [5.74, 6) is -1.07. The van der Waals surface area contributed by atoms with Crippen molar-refractivity contribution in [2.75, 3.05) is 0 Å². The lowest BCUT2D eigenvalue weighted by Crippen LogP contribution is -2.24. The summed E-state index contributed by atoms with van der Waals surface area (Å²) in [5, 5.41) is 13.1. The second kappa shape index (κ2) is 3.66. The summed E-state index contributed by atoms with van der Waals surface area (Å²) < 4.78 is 2.67. The summed E-state index contributed by atoms with van der Waals surface area (Å²) in [6.45, 7) is -0.369. The van der Waals surface area contributed by atoms with E-state index in [9.17, 15) is 9.59 Å². The van der Waals surface area contributed by atoms with Crippen molar-refractivity contribution in [3.63, 3.8) is 0 Å². The largest absolute Gasteiger partial charge is 0.480 e. The quantitative estimate of drug-likeness (QED) is 0.692. The molecule has 0 unspecified atom stereocenters. The summed E-state index contributed by atoms with van der Waals surface area (Å²) in [6.07, 6.45) is 4.47. The van der Waals surface area contributed by atoms with Crippen LogP contribution in [0.2, 0.25) is 0 Å². The van der Waals surface area contributed by atoms with Crippen LogP contribution in [0.3, 0.4) is 0 Å². The number of aliphatic carboxylic acids is 1. The first-order valence-electron chi connectivity index (χ1n) is 5.20. The maximum Gasteiger partial charge on any atom is 0.323 e. The van der Waals surface area contributed by atoms with Crippen molar-refractivity contribution in [1.29, 1.82) is 0 Å². The molecule has 0 aliphatic heterocycles. The second-order valence-corrected chi connectivity index (χ2v) is 3.80. The average molecular weight is 244 g/mol. The number of rotatable bonds is 2. The molecule has 90 valence electrons. The highest BCUT2D eigenvalue weighted by Gasteiger charge is 2.09. The van der Waals surface area contributed by atoms with Crippen molar-refractivity contribution in [1.82, 2.24) is 19.2 Å². The van der Waals surface area contributed by atoms with Crippen LogP contribution in [0.4, 0.5) is 0 Å². The first-order chi connectivity index (χ1) is 8.66. The van der Waals surface area contributed by atoms with Gasteiger partial charge in [-0.3, -0.25) is 9.59 Å². The third kappa shape index (κ3) is 1.45. The van der Waals surface area contributed by atoms with E-state index in [1.807, 2.05) is 0 Å². The minimum Gasteiger partial charge on any atom is -0.480 e. The molecule has 0 aromatic carbocycles. The molecule has 0 radical (unpaired) electrons. The van der Waals surface area contributed by atoms with Gasteiger partial charge in [-0.05, 0) is 6.07 Å². The van der Waals surface area contributed by atoms with Crippen LogP contribution >= 0.6 is 0 Å². The van der Waals surface area contributed by atoms with Crippen molar-refractivity contribution in [3.05, 3.63) is 41.1 Å². The lowest BCUT2D eigenvalue weighted by atomic mass is 10.3. The van der Waals surface area contributed by atoms with Crippen molar-refractivity contribution in [3.8, 4) is 0 Å². The Hall–Kier alpha value is -2.70. The van der Waals surface area contributed by atoms with Gasteiger partial charge in [0.25, 0.3) is 5.56 Å². The zero-order valence-corrected chi connectivity index (χ0v) is 9.15. The van der Waals surface area contributed by atoms with Crippen molar-refractivity contribution < 1.29 is 9.90 Å². The Morgan fingerprint density at radius 3 is 3.00 bits per heavy atom. The minimum absolute atomic E-state index is 0.343. The van der Waals surface area contributed by atoms with E-state index in [-0.39, 0.29) is 12.1 Å². The number of hydrogen-bond acceptors (Lipinski definition) is 4.